The van der Waals surface area contributed by atoms with E-state index in [2.05, 4.69) is 0 Å². The fourth-order valence-corrected chi connectivity index (χ4v) is 1.62. The first-order valence-electron chi connectivity index (χ1n) is 5.33. The van der Waals surface area contributed by atoms with Crippen molar-refractivity contribution in [2.45, 2.75) is 13.0 Å². The number of nitrogen functional groups attached to an aromatic ring is 1. The average molecular weight is 238 g/mol. The minimum atomic E-state index is -0.583. The van der Waals surface area contributed by atoms with Crippen molar-refractivity contribution in [2.75, 3.05) is 26.4 Å². The number of aliphatic hydroxyl groups excluding tert-OH is 1. The highest BCUT2D eigenvalue weighted by atomic mass is 16.5. The second kappa shape index (κ2) is 5.54. The zero-order valence-corrected chi connectivity index (χ0v) is 10.3. The van der Waals surface area contributed by atoms with Gasteiger partial charge in [-0.15, -0.1) is 0 Å². The van der Waals surface area contributed by atoms with E-state index in [1.807, 2.05) is 0 Å². The second-order valence-electron chi connectivity index (χ2n) is 3.96. The Balaban J connectivity index is 3.03. The van der Waals surface area contributed by atoms with Crippen LogP contribution >= 0.6 is 0 Å². The van der Waals surface area contributed by atoms with Crippen molar-refractivity contribution in [2.24, 2.45) is 0 Å². The zero-order chi connectivity index (χ0) is 13.0. The number of hydrogen-bond acceptors (Lipinski definition) is 4. The van der Waals surface area contributed by atoms with Gasteiger partial charge in [-0.05, 0) is 19.1 Å². The molecule has 1 aromatic carbocycles. The maximum atomic E-state index is 12.1. The highest BCUT2D eigenvalue weighted by Gasteiger charge is 2.20. The molecule has 1 unspecified atom stereocenters. The molecule has 0 fully saturated rings. The molecule has 0 bridgehead atoms. The van der Waals surface area contributed by atoms with Gasteiger partial charge in [-0.25, -0.2) is 0 Å². The number of nitrogens with two attached hydrogens (primary N) is 1. The topological polar surface area (TPSA) is 75.8 Å². The smallest absolute Gasteiger partial charge is 0.259 e. The third kappa shape index (κ3) is 3.10. The van der Waals surface area contributed by atoms with Gasteiger partial charge < -0.3 is 20.5 Å². The molecule has 1 aromatic rings. The van der Waals surface area contributed by atoms with Gasteiger partial charge in [-0.3, -0.25) is 4.79 Å². The molecule has 0 heterocycles. The number of carbonyl (C=O) groups is 1. The van der Waals surface area contributed by atoms with Gasteiger partial charge in [0, 0.05) is 19.3 Å². The number of carbonyl (C=O) groups excluding carboxylic acids is 1. The monoisotopic (exact) mass is 238 g/mol. The van der Waals surface area contributed by atoms with Gasteiger partial charge in [0.25, 0.3) is 5.91 Å². The van der Waals surface area contributed by atoms with Crippen LogP contribution in [0, 0.1) is 0 Å². The van der Waals surface area contributed by atoms with Gasteiger partial charge in [-0.1, -0.05) is 6.07 Å². The molecule has 1 atom stereocenters. The van der Waals surface area contributed by atoms with Gasteiger partial charge in [-0.2, -0.15) is 0 Å². The number of methoxy groups -OCH3 is 1. The van der Waals surface area contributed by atoms with E-state index in [1.165, 1.54) is 12.0 Å². The lowest BCUT2D eigenvalue weighted by Gasteiger charge is -2.20. The van der Waals surface area contributed by atoms with Crippen molar-refractivity contribution >= 4 is 11.6 Å². The third-order valence-electron chi connectivity index (χ3n) is 2.38. The van der Waals surface area contributed by atoms with E-state index in [4.69, 9.17) is 10.5 Å². The molecule has 0 aliphatic carbocycles. The molecule has 0 radical (unpaired) electrons. The molecule has 0 aliphatic rings. The van der Waals surface area contributed by atoms with Gasteiger partial charge in [0.05, 0.1) is 13.2 Å². The van der Waals surface area contributed by atoms with E-state index in [0.29, 0.717) is 17.0 Å². The molecule has 0 aliphatic heterocycles. The Morgan fingerprint density at radius 3 is 2.76 bits per heavy atom. The summed E-state index contributed by atoms with van der Waals surface area (Å²) in [6.07, 6.45) is -0.583. The fourth-order valence-electron chi connectivity index (χ4n) is 1.62. The molecule has 5 heteroatoms. The molecule has 94 valence electrons. The van der Waals surface area contributed by atoms with E-state index < -0.39 is 6.10 Å². The average Bonchev–Trinajstić information content (AvgIpc) is 2.26. The van der Waals surface area contributed by atoms with Crippen molar-refractivity contribution in [3.8, 4) is 5.75 Å². The first kappa shape index (κ1) is 13.3. The van der Waals surface area contributed by atoms with E-state index in [0.717, 1.165) is 0 Å². The van der Waals surface area contributed by atoms with Crippen LogP contribution in [-0.4, -0.2) is 42.7 Å². The highest BCUT2D eigenvalue weighted by Crippen LogP contribution is 2.25. The maximum absolute atomic E-state index is 12.1. The first-order chi connectivity index (χ1) is 7.97. The number of anilines is 1. The summed E-state index contributed by atoms with van der Waals surface area (Å²) in [5, 5.41) is 9.26. The van der Waals surface area contributed by atoms with Gasteiger partial charge in [0.2, 0.25) is 0 Å². The van der Waals surface area contributed by atoms with Crippen molar-refractivity contribution in [1.29, 1.82) is 0 Å². The van der Waals surface area contributed by atoms with Crippen LogP contribution in [0.15, 0.2) is 18.2 Å². The summed E-state index contributed by atoms with van der Waals surface area (Å²) in [6.45, 7) is 1.87. The molecule has 0 aromatic heterocycles. The van der Waals surface area contributed by atoms with Crippen LogP contribution in [0.25, 0.3) is 0 Å². The van der Waals surface area contributed by atoms with Crippen molar-refractivity contribution in [1.82, 2.24) is 4.90 Å². The zero-order valence-electron chi connectivity index (χ0n) is 10.3. The Labute approximate surface area is 101 Å². The van der Waals surface area contributed by atoms with Crippen LogP contribution in [0.2, 0.25) is 0 Å². The third-order valence-corrected chi connectivity index (χ3v) is 2.38. The molecular formula is C12H18N2O3. The number of nitrogens with zero attached hydrogens (tertiary/aromatic N) is 1. The van der Waals surface area contributed by atoms with E-state index in [1.54, 1.807) is 32.2 Å². The number of likely N-dealkylation sites (N-methyl/N-ethyl adjacent to an activating group) is 1. The largest absolute Gasteiger partial charge is 0.496 e. The van der Waals surface area contributed by atoms with Crippen LogP contribution in [-0.2, 0) is 0 Å². The quantitative estimate of drug-likeness (QED) is 0.758. The molecular weight excluding hydrogens is 220 g/mol. The molecule has 0 saturated carbocycles. The number of benzene rings is 1. The maximum Gasteiger partial charge on any atom is 0.259 e. The Kier molecular flexibility index (Phi) is 4.34. The Morgan fingerprint density at radius 1 is 1.59 bits per heavy atom. The molecule has 5 nitrogen and oxygen atoms in total. The second-order valence-corrected chi connectivity index (χ2v) is 3.96. The predicted molar refractivity (Wildman–Crippen MR) is 66.0 cm³/mol. The molecule has 17 heavy (non-hydrogen) atoms. The lowest BCUT2D eigenvalue weighted by Crippen LogP contribution is -2.33. The fraction of sp³-hybridized carbons (Fsp3) is 0.417. The standard InChI is InChI=1S/C12H18N2O3/c1-8(15)7-14(2)12(16)11-9(13)5-4-6-10(11)17-3/h4-6,8,15H,7,13H2,1-3H3. The minimum Gasteiger partial charge on any atom is -0.496 e. The van der Waals surface area contributed by atoms with Crippen LogP contribution in [0.1, 0.15) is 17.3 Å². The highest BCUT2D eigenvalue weighted by molar-refractivity contribution is 6.01. The molecule has 1 amide bonds. The van der Waals surface area contributed by atoms with Gasteiger partial charge in [0.15, 0.2) is 0 Å². The first-order valence-corrected chi connectivity index (χ1v) is 5.33. The number of amides is 1. The molecule has 0 saturated heterocycles. The Bertz CT molecular complexity index is 405. The summed E-state index contributed by atoms with van der Waals surface area (Å²) >= 11 is 0. The van der Waals surface area contributed by atoms with Crippen LogP contribution in [0.4, 0.5) is 5.69 Å². The lowest BCUT2D eigenvalue weighted by atomic mass is 10.1. The van der Waals surface area contributed by atoms with Crippen molar-refractivity contribution < 1.29 is 14.6 Å². The van der Waals surface area contributed by atoms with Gasteiger partial charge in [0.1, 0.15) is 11.3 Å². The summed E-state index contributed by atoms with van der Waals surface area (Å²) in [5.41, 5.74) is 6.48. The SMILES string of the molecule is COc1cccc(N)c1C(=O)N(C)CC(C)O. The van der Waals surface area contributed by atoms with Crippen molar-refractivity contribution in [3.05, 3.63) is 23.8 Å². The summed E-state index contributed by atoms with van der Waals surface area (Å²) < 4.78 is 5.11. The normalized spacial score (nSPS) is 12.0. The predicted octanol–water partition coefficient (Wildman–Crippen LogP) is 0.730. The number of hydrogen-bond donors (Lipinski definition) is 2. The molecule has 3 N–H and O–H groups in total. The minimum absolute atomic E-state index is 0.246. The number of aliphatic hydroxyl groups is 1. The van der Waals surface area contributed by atoms with Crippen LogP contribution < -0.4 is 10.5 Å². The lowest BCUT2D eigenvalue weighted by molar-refractivity contribution is 0.0701. The van der Waals surface area contributed by atoms with E-state index in [9.17, 15) is 9.90 Å². The van der Waals surface area contributed by atoms with E-state index in [-0.39, 0.29) is 12.5 Å². The summed E-state index contributed by atoms with van der Waals surface area (Å²) in [4.78, 5) is 13.6. The van der Waals surface area contributed by atoms with Crippen LogP contribution in [0.3, 0.4) is 0 Å². The van der Waals surface area contributed by atoms with Crippen molar-refractivity contribution in [3.63, 3.8) is 0 Å². The van der Waals surface area contributed by atoms with E-state index >= 15 is 0 Å². The van der Waals surface area contributed by atoms with Crippen LogP contribution in [0.5, 0.6) is 5.75 Å². The summed E-state index contributed by atoms with van der Waals surface area (Å²) in [6, 6.07) is 5.05. The number of rotatable bonds is 4. The number of ether oxygens (including phenoxy) is 1. The summed E-state index contributed by atoms with van der Waals surface area (Å²) in [7, 11) is 3.10. The summed E-state index contributed by atoms with van der Waals surface area (Å²) in [5.74, 6) is 0.174. The Morgan fingerprint density at radius 2 is 2.24 bits per heavy atom. The van der Waals surface area contributed by atoms with Gasteiger partial charge >= 0.3 is 0 Å². The molecule has 1 rings (SSSR count). The Hall–Kier alpha value is -1.75. The molecule has 0 spiro atoms.